The smallest absolute Gasteiger partial charge is 0.251 e. The molecule has 8 heteroatoms. The van der Waals surface area contributed by atoms with Gasteiger partial charge >= 0.3 is 0 Å². The number of nitrogens with one attached hydrogen (secondary N) is 2. The SMILES string of the molecule is Cc1cc2cc(n1)OCCCCOc1cccc(c1)C[C@@H]([C@H](O)CNC1(c3cc(C(C)(C)C)ccn3)CC1)NC2=O. The van der Waals surface area contributed by atoms with Gasteiger partial charge in [-0.25, -0.2) is 4.98 Å². The molecule has 0 saturated heterocycles. The van der Waals surface area contributed by atoms with E-state index in [1.165, 1.54) is 5.56 Å². The Balaban J connectivity index is 1.37. The van der Waals surface area contributed by atoms with Crippen molar-refractivity contribution in [1.29, 1.82) is 0 Å². The second kappa shape index (κ2) is 12.2. The number of aryl methyl sites for hydroxylation is 1. The Labute approximate surface area is 242 Å². The molecule has 8 nitrogen and oxygen atoms in total. The molecule has 1 aliphatic carbocycles. The zero-order valence-electron chi connectivity index (χ0n) is 24.6. The number of hydrogen-bond acceptors (Lipinski definition) is 7. The van der Waals surface area contributed by atoms with Crippen molar-refractivity contribution in [1.82, 2.24) is 20.6 Å². The van der Waals surface area contributed by atoms with Crippen LogP contribution < -0.4 is 20.1 Å². The Morgan fingerprint density at radius 3 is 2.63 bits per heavy atom. The summed E-state index contributed by atoms with van der Waals surface area (Å²) in [6, 6.07) is 15.0. The molecule has 3 aromatic rings. The molecule has 1 saturated carbocycles. The first-order valence-electron chi connectivity index (χ1n) is 14.7. The topological polar surface area (TPSA) is 106 Å². The van der Waals surface area contributed by atoms with E-state index < -0.39 is 12.1 Å². The quantitative estimate of drug-likeness (QED) is 0.420. The molecule has 5 rings (SSSR count). The van der Waals surface area contributed by atoms with Crippen LogP contribution in [0.5, 0.6) is 11.6 Å². The van der Waals surface area contributed by atoms with Crippen molar-refractivity contribution in [3.05, 3.63) is 82.8 Å². The Hall–Kier alpha value is -3.49. The number of nitrogens with zero attached hydrogens (tertiary/aromatic N) is 2. The van der Waals surface area contributed by atoms with Crippen molar-refractivity contribution in [2.24, 2.45) is 0 Å². The van der Waals surface area contributed by atoms with E-state index in [1.807, 2.05) is 37.4 Å². The van der Waals surface area contributed by atoms with Gasteiger partial charge in [-0.05, 0) is 85.9 Å². The number of fused-ring (bicyclic) bond motifs is 4. The van der Waals surface area contributed by atoms with Gasteiger partial charge in [0, 0.05) is 30.1 Å². The summed E-state index contributed by atoms with van der Waals surface area (Å²) in [4.78, 5) is 22.6. The minimum Gasteiger partial charge on any atom is -0.494 e. The lowest BCUT2D eigenvalue weighted by Gasteiger charge is -2.28. The molecule has 1 fully saturated rings. The Bertz CT molecular complexity index is 1370. The molecule has 2 atom stereocenters. The maximum atomic E-state index is 13.5. The first-order chi connectivity index (χ1) is 19.6. The molecule has 1 amide bonds. The van der Waals surface area contributed by atoms with Gasteiger partial charge in [0.2, 0.25) is 5.88 Å². The van der Waals surface area contributed by atoms with Crippen molar-refractivity contribution >= 4 is 5.91 Å². The van der Waals surface area contributed by atoms with E-state index >= 15 is 0 Å². The first kappa shape index (κ1) is 29.0. The highest BCUT2D eigenvalue weighted by atomic mass is 16.5. The molecular weight excluding hydrogens is 516 g/mol. The number of hydrogen-bond donors (Lipinski definition) is 3. The number of amides is 1. The van der Waals surface area contributed by atoms with E-state index in [9.17, 15) is 9.90 Å². The molecule has 3 N–H and O–H groups in total. The van der Waals surface area contributed by atoms with Gasteiger partial charge in [-0.15, -0.1) is 0 Å². The fourth-order valence-electron chi connectivity index (χ4n) is 5.21. The Morgan fingerprint density at radius 2 is 1.88 bits per heavy atom. The van der Waals surface area contributed by atoms with Crippen LogP contribution in [0.2, 0.25) is 0 Å². The largest absolute Gasteiger partial charge is 0.494 e. The number of pyridine rings is 2. The van der Waals surface area contributed by atoms with Crippen LogP contribution in [0.25, 0.3) is 0 Å². The lowest BCUT2D eigenvalue weighted by Crippen LogP contribution is -2.50. The normalized spacial score (nSPS) is 19.8. The van der Waals surface area contributed by atoms with Crippen molar-refractivity contribution in [3.63, 3.8) is 0 Å². The molecule has 1 aliphatic heterocycles. The van der Waals surface area contributed by atoms with Gasteiger partial charge in [-0.3, -0.25) is 9.78 Å². The van der Waals surface area contributed by atoms with E-state index in [4.69, 9.17) is 9.47 Å². The predicted molar refractivity (Wildman–Crippen MR) is 158 cm³/mol. The predicted octanol–water partition coefficient (Wildman–Crippen LogP) is 4.61. The number of aliphatic hydroxyl groups excluding tert-OH is 1. The molecule has 41 heavy (non-hydrogen) atoms. The fourth-order valence-corrected chi connectivity index (χ4v) is 5.21. The third kappa shape index (κ3) is 7.43. The lowest BCUT2D eigenvalue weighted by atomic mass is 9.86. The number of carbonyl (C=O) groups excluding carboxylic acids is 1. The lowest BCUT2D eigenvalue weighted by molar-refractivity contribution is 0.0821. The van der Waals surface area contributed by atoms with Gasteiger partial charge in [0.05, 0.1) is 36.6 Å². The molecule has 0 spiro atoms. The van der Waals surface area contributed by atoms with E-state index in [0.717, 1.165) is 42.7 Å². The third-order valence-corrected chi connectivity index (χ3v) is 7.90. The molecule has 0 radical (unpaired) electrons. The third-order valence-electron chi connectivity index (χ3n) is 7.90. The van der Waals surface area contributed by atoms with Gasteiger partial charge in [0.15, 0.2) is 0 Å². The molecular formula is C33H42N4O4. The second-order valence-corrected chi connectivity index (χ2v) is 12.4. The number of rotatable bonds is 5. The number of aliphatic hydroxyl groups is 1. The molecule has 0 unspecified atom stereocenters. The maximum Gasteiger partial charge on any atom is 0.251 e. The molecule has 2 aromatic heterocycles. The van der Waals surface area contributed by atoms with Crippen molar-refractivity contribution in [2.75, 3.05) is 19.8 Å². The van der Waals surface area contributed by atoms with Crippen LogP contribution in [0.1, 0.15) is 79.3 Å². The van der Waals surface area contributed by atoms with Gasteiger partial charge in [-0.1, -0.05) is 32.9 Å². The summed E-state index contributed by atoms with van der Waals surface area (Å²) in [6.45, 7) is 9.81. The summed E-state index contributed by atoms with van der Waals surface area (Å²) in [5.41, 5.74) is 4.15. The summed E-state index contributed by atoms with van der Waals surface area (Å²) in [6.07, 6.45) is 5.04. The van der Waals surface area contributed by atoms with E-state index in [1.54, 1.807) is 12.1 Å². The van der Waals surface area contributed by atoms with E-state index in [-0.39, 0.29) is 16.9 Å². The van der Waals surface area contributed by atoms with Gasteiger partial charge in [0.25, 0.3) is 5.91 Å². The second-order valence-electron chi connectivity index (χ2n) is 12.4. The standard InChI is InChI=1S/C33H42N4O4/c1-22-16-24-19-30(36-22)41-15-6-5-14-40-26-9-7-8-23(17-26)18-27(37-31(24)39)28(38)21-35-33(11-12-33)29-20-25(10-13-34-29)32(2,3)4/h7-10,13,16-17,19-20,27-28,35,38H,5-6,11-12,14-15,18,21H2,1-4H3,(H,37,39)/t27-,28+/m0/s1. The fraction of sp³-hybridized carbons (Fsp3) is 0.485. The van der Waals surface area contributed by atoms with Crippen molar-refractivity contribution < 1.29 is 19.4 Å². The van der Waals surface area contributed by atoms with E-state index in [0.29, 0.717) is 43.3 Å². The monoisotopic (exact) mass is 558 g/mol. The molecule has 4 bridgehead atoms. The Morgan fingerprint density at radius 1 is 1.10 bits per heavy atom. The van der Waals surface area contributed by atoms with Crippen LogP contribution in [-0.2, 0) is 17.4 Å². The van der Waals surface area contributed by atoms with Crippen LogP contribution in [0.3, 0.4) is 0 Å². The summed E-state index contributed by atoms with van der Waals surface area (Å²) in [5.74, 6) is 0.926. The van der Waals surface area contributed by atoms with Crippen LogP contribution >= 0.6 is 0 Å². The van der Waals surface area contributed by atoms with Gasteiger partial charge in [-0.2, -0.15) is 0 Å². The average molecular weight is 559 g/mol. The summed E-state index contributed by atoms with van der Waals surface area (Å²) in [5, 5.41) is 18.2. The molecule has 2 aliphatic rings. The number of ether oxygens (including phenoxy) is 2. The number of aromatic nitrogens is 2. The zero-order valence-corrected chi connectivity index (χ0v) is 24.6. The van der Waals surface area contributed by atoms with Crippen LogP contribution in [0.4, 0.5) is 0 Å². The summed E-state index contributed by atoms with van der Waals surface area (Å²) < 4.78 is 11.8. The Kier molecular flexibility index (Phi) is 8.61. The average Bonchev–Trinajstić information content (AvgIpc) is 3.73. The van der Waals surface area contributed by atoms with Crippen LogP contribution in [0.15, 0.2) is 54.7 Å². The summed E-state index contributed by atoms with van der Waals surface area (Å²) in [7, 11) is 0. The van der Waals surface area contributed by atoms with Gasteiger partial charge < -0.3 is 25.2 Å². The van der Waals surface area contributed by atoms with Crippen LogP contribution in [-0.4, -0.2) is 52.9 Å². The number of benzene rings is 1. The zero-order chi connectivity index (χ0) is 29.0. The highest BCUT2D eigenvalue weighted by Crippen LogP contribution is 2.45. The minimum absolute atomic E-state index is 0.0236. The highest BCUT2D eigenvalue weighted by Gasteiger charge is 2.46. The minimum atomic E-state index is -0.843. The summed E-state index contributed by atoms with van der Waals surface area (Å²) >= 11 is 0. The molecule has 3 heterocycles. The molecule has 218 valence electrons. The number of carbonyl (C=O) groups is 1. The van der Waals surface area contributed by atoms with E-state index in [2.05, 4.69) is 53.5 Å². The highest BCUT2D eigenvalue weighted by molar-refractivity contribution is 5.94. The first-order valence-corrected chi connectivity index (χ1v) is 14.7. The van der Waals surface area contributed by atoms with Crippen LogP contribution in [0, 0.1) is 6.92 Å². The van der Waals surface area contributed by atoms with Gasteiger partial charge in [0.1, 0.15) is 5.75 Å². The van der Waals surface area contributed by atoms with Crippen molar-refractivity contribution in [2.45, 2.75) is 82.9 Å². The van der Waals surface area contributed by atoms with Crippen molar-refractivity contribution in [3.8, 4) is 11.6 Å². The molecule has 1 aromatic carbocycles. The maximum absolute atomic E-state index is 13.5.